The standard InChI is InChI=1S/2C14H8BrF4NO/c2*15-11-6-8(4-5-12(11)16)13(21)20-10-3-1-2-9(7-10)14(17,18)19/h2*1-7H,(H,20,21). The number of anilines is 2. The van der Waals surface area contributed by atoms with Gasteiger partial charge < -0.3 is 10.6 Å². The third kappa shape index (κ3) is 9.11. The van der Waals surface area contributed by atoms with Crippen molar-refractivity contribution in [1.29, 1.82) is 0 Å². The van der Waals surface area contributed by atoms with Crippen LogP contribution in [0.25, 0.3) is 0 Å². The van der Waals surface area contributed by atoms with Gasteiger partial charge in [-0.15, -0.1) is 0 Å². The first kappa shape index (κ1) is 32.7. The van der Waals surface area contributed by atoms with Crippen LogP contribution in [0.4, 0.5) is 46.5 Å². The van der Waals surface area contributed by atoms with Gasteiger partial charge in [-0.2, -0.15) is 26.3 Å². The molecule has 4 aromatic rings. The highest BCUT2D eigenvalue weighted by atomic mass is 79.9. The Labute approximate surface area is 250 Å². The Hall–Kier alpha value is -3.78. The van der Waals surface area contributed by atoms with Gasteiger partial charge in [-0.05, 0) is 105 Å². The van der Waals surface area contributed by atoms with Crippen LogP contribution in [0.3, 0.4) is 0 Å². The summed E-state index contributed by atoms with van der Waals surface area (Å²) < 4.78 is 102. The van der Waals surface area contributed by atoms with E-state index in [0.29, 0.717) is 0 Å². The summed E-state index contributed by atoms with van der Waals surface area (Å²) in [4.78, 5) is 23.8. The SMILES string of the molecule is O=C(Nc1cccc(C(F)(F)F)c1)c1ccc(F)c(Br)c1.O=C(Nc1cccc(C(F)(F)F)c1)c1ccc(F)c(Br)c1. The van der Waals surface area contributed by atoms with Gasteiger partial charge in [0.2, 0.25) is 0 Å². The van der Waals surface area contributed by atoms with E-state index in [1.807, 2.05) is 0 Å². The number of benzene rings is 4. The largest absolute Gasteiger partial charge is 0.416 e. The van der Waals surface area contributed by atoms with E-state index in [-0.39, 0.29) is 31.4 Å². The van der Waals surface area contributed by atoms with E-state index in [9.17, 15) is 44.7 Å². The molecule has 4 nitrogen and oxygen atoms in total. The van der Waals surface area contributed by atoms with Gasteiger partial charge in [0, 0.05) is 22.5 Å². The number of amides is 2. The Kier molecular flexibility index (Phi) is 10.5. The van der Waals surface area contributed by atoms with Crippen LogP contribution in [-0.4, -0.2) is 11.8 Å². The van der Waals surface area contributed by atoms with Crippen molar-refractivity contribution in [3.8, 4) is 0 Å². The van der Waals surface area contributed by atoms with Gasteiger partial charge in [0.15, 0.2) is 0 Å². The molecule has 42 heavy (non-hydrogen) atoms. The second-order valence-corrected chi connectivity index (χ2v) is 10.0. The molecule has 0 aliphatic heterocycles. The maximum absolute atomic E-state index is 13.1. The molecule has 2 N–H and O–H groups in total. The van der Waals surface area contributed by atoms with E-state index in [4.69, 9.17) is 0 Å². The molecule has 0 saturated carbocycles. The van der Waals surface area contributed by atoms with Gasteiger partial charge in [0.05, 0.1) is 20.1 Å². The smallest absolute Gasteiger partial charge is 0.322 e. The maximum atomic E-state index is 13.1. The van der Waals surface area contributed by atoms with Crippen molar-refractivity contribution in [2.75, 3.05) is 10.6 Å². The first-order valence-corrected chi connectivity index (χ1v) is 13.0. The molecule has 220 valence electrons. The van der Waals surface area contributed by atoms with Gasteiger partial charge in [-0.1, -0.05) is 12.1 Å². The number of hydrogen-bond donors (Lipinski definition) is 2. The van der Waals surface area contributed by atoms with Crippen LogP contribution in [0.1, 0.15) is 31.8 Å². The molecule has 0 radical (unpaired) electrons. The second-order valence-electron chi connectivity index (χ2n) is 8.32. The molecule has 0 bridgehead atoms. The lowest BCUT2D eigenvalue weighted by molar-refractivity contribution is -0.138. The average Bonchev–Trinajstić information content (AvgIpc) is 2.91. The summed E-state index contributed by atoms with van der Waals surface area (Å²) in [5.74, 6) is -2.33. The molecule has 0 aromatic heterocycles. The number of hydrogen-bond acceptors (Lipinski definition) is 2. The van der Waals surface area contributed by atoms with Crippen LogP contribution >= 0.6 is 31.9 Å². The maximum Gasteiger partial charge on any atom is 0.416 e. The number of halogens is 10. The third-order valence-electron chi connectivity index (χ3n) is 5.26. The van der Waals surface area contributed by atoms with E-state index >= 15 is 0 Å². The van der Waals surface area contributed by atoms with E-state index in [1.54, 1.807) is 0 Å². The zero-order valence-corrected chi connectivity index (χ0v) is 23.9. The zero-order valence-electron chi connectivity index (χ0n) is 20.7. The molecule has 0 unspecified atom stereocenters. The van der Waals surface area contributed by atoms with Gasteiger partial charge in [-0.3, -0.25) is 9.59 Å². The Morgan fingerprint density at radius 1 is 0.548 bits per heavy atom. The number of carbonyl (C=O) groups excluding carboxylic acids is 2. The predicted octanol–water partition coefficient (Wildman–Crippen LogP) is 9.72. The molecule has 0 aliphatic carbocycles. The van der Waals surface area contributed by atoms with E-state index in [1.165, 1.54) is 48.5 Å². The minimum absolute atomic E-state index is 0.00951. The molecule has 4 rings (SSSR count). The monoisotopic (exact) mass is 722 g/mol. The quantitative estimate of drug-likeness (QED) is 0.206. The molecule has 14 heteroatoms. The van der Waals surface area contributed by atoms with Crippen molar-refractivity contribution in [2.45, 2.75) is 12.4 Å². The summed E-state index contributed by atoms with van der Waals surface area (Å²) in [6, 6.07) is 15.7. The van der Waals surface area contributed by atoms with E-state index in [0.717, 1.165) is 36.4 Å². The summed E-state index contributed by atoms with van der Waals surface area (Å²) in [6.45, 7) is 0. The van der Waals surface area contributed by atoms with Crippen molar-refractivity contribution in [2.24, 2.45) is 0 Å². The fourth-order valence-corrected chi connectivity index (χ4v) is 3.99. The van der Waals surface area contributed by atoms with Crippen LogP contribution in [0.15, 0.2) is 93.9 Å². The Morgan fingerprint density at radius 2 is 0.905 bits per heavy atom. The lowest BCUT2D eigenvalue weighted by Gasteiger charge is -2.10. The molecule has 0 saturated heterocycles. The summed E-state index contributed by atoms with van der Waals surface area (Å²) >= 11 is 5.87. The second kappa shape index (κ2) is 13.5. The third-order valence-corrected chi connectivity index (χ3v) is 6.47. The van der Waals surface area contributed by atoms with Crippen LogP contribution in [0.5, 0.6) is 0 Å². The Balaban J connectivity index is 0.000000230. The first-order valence-electron chi connectivity index (χ1n) is 11.4. The van der Waals surface area contributed by atoms with Crippen molar-refractivity contribution in [3.63, 3.8) is 0 Å². The average molecular weight is 724 g/mol. The molecule has 0 aliphatic rings. The number of alkyl halides is 6. The number of nitrogens with one attached hydrogen (secondary N) is 2. The molecule has 0 atom stereocenters. The van der Waals surface area contributed by atoms with Gasteiger partial charge in [-0.25, -0.2) is 8.78 Å². The molecule has 0 spiro atoms. The highest BCUT2D eigenvalue weighted by Gasteiger charge is 2.31. The summed E-state index contributed by atoms with van der Waals surface area (Å²) in [7, 11) is 0. The lowest BCUT2D eigenvalue weighted by atomic mass is 10.1. The molecule has 0 fully saturated rings. The van der Waals surface area contributed by atoms with Gasteiger partial charge in [0.1, 0.15) is 11.6 Å². The van der Waals surface area contributed by atoms with Crippen molar-refractivity contribution >= 4 is 55.0 Å². The molecular weight excluding hydrogens is 708 g/mol. The minimum atomic E-state index is -4.49. The zero-order chi connectivity index (χ0) is 31.2. The van der Waals surface area contributed by atoms with Crippen molar-refractivity contribution in [3.05, 3.63) is 128 Å². The molecule has 4 aromatic carbocycles. The van der Waals surface area contributed by atoms with Gasteiger partial charge in [0.25, 0.3) is 11.8 Å². The fraction of sp³-hybridized carbons (Fsp3) is 0.0714. The van der Waals surface area contributed by atoms with Crippen LogP contribution in [0.2, 0.25) is 0 Å². The van der Waals surface area contributed by atoms with Crippen LogP contribution < -0.4 is 10.6 Å². The van der Waals surface area contributed by atoms with Crippen molar-refractivity contribution in [1.82, 2.24) is 0 Å². The van der Waals surface area contributed by atoms with E-state index < -0.39 is 46.9 Å². The fourth-order valence-electron chi connectivity index (χ4n) is 3.23. The molecule has 0 heterocycles. The van der Waals surface area contributed by atoms with Crippen LogP contribution in [-0.2, 0) is 12.4 Å². The highest BCUT2D eigenvalue weighted by Crippen LogP contribution is 2.32. The number of carbonyl (C=O) groups is 2. The molecular formula is C28H16Br2F8N2O2. The minimum Gasteiger partial charge on any atom is -0.322 e. The lowest BCUT2D eigenvalue weighted by Crippen LogP contribution is -2.13. The molecule has 2 amide bonds. The number of rotatable bonds is 4. The summed E-state index contributed by atoms with van der Waals surface area (Å²) in [5.41, 5.74) is -1.45. The Bertz CT molecular complexity index is 1490. The predicted molar refractivity (Wildman–Crippen MR) is 147 cm³/mol. The van der Waals surface area contributed by atoms with Crippen molar-refractivity contribution < 1.29 is 44.7 Å². The topological polar surface area (TPSA) is 58.2 Å². The summed E-state index contributed by atoms with van der Waals surface area (Å²) in [6.07, 6.45) is -8.97. The normalized spacial score (nSPS) is 11.3. The summed E-state index contributed by atoms with van der Waals surface area (Å²) in [5, 5.41) is 4.67. The van der Waals surface area contributed by atoms with E-state index in [2.05, 4.69) is 42.5 Å². The van der Waals surface area contributed by atoms with Crippen LogP contribution in [0, 0.1) is 11.6 Å². The van der Waals surface area contributed by atoms with Gasteiger partial charge >= 0.3 is 12.4 Å². The Morgan fingerprint density at radius 3 is 1.21 bits per heavy atom. The highest BCUT2D eigenvalue weighted by molar-refractivity contribution is 9.10. The first-order chi connectivity index (χ1) is 19.5.